The largest absolute Gasteiger partial charge is 0.381 e. The predicted molar refractivity (Wildman–Crippen MR) is 73.9 cm³/mol. The summed E-state index contributed by atoms with van der Waals surface area (Å²) in [6, 6.07) is 0. The Morgan fingerprint density at radius 3 is 2.89 bits per heavy atom. The van der Waals surface area contributed by atoms with Gasteiger partial charge in [0.25, 0.3) is 0 Å². The van der Waals surface area contributed by atoms with Gasteiger partial charge in [-0.15, -0.1) is 0 Å². The zero-order valence-electron chi connectivity index (χ0n) is 11.8. The highest BCUT2D eigenvalue weighted by Crippen LogP contribution is 2.38. The number of amides is 1. The molecule has 1 amide bonds. The lowest BCUT2D eigenvalue weighted by molar-refractivity contribution is -0.136. The van der Waals surface area contributed by atoms with Crippen molar-refractivity contribution in [2.45, 2.75) is 38.5 Å². The molecule has 3 aliphatic rings. The van der Waals surface area contributed by atoms with Crippen LogP contribution in [0.25, 0.3) is 0 Å². The molecule has 3 heterocycles. The third-order valence-electron chi connectivity index (χ3n) is 5.17. The molecule has 3 rings (SSSR count). The summed E-state index contributed by atoms with van der Waals surface area (Å²) in [5.74, 6) is 0.839. The molecule has 0 radical (unpaired) electrons. The van der Waals surface area contributed by atoms with E-state index >= 15 is 0 Å². The van der Waals surface area contributed by atoms with Gasteiger partial charge in [0.2, 0.25) is 5.91 Å². The van der Waals surface area contributed by atoms with Crippen molar-refractivity contribution in [3.05, 3.63) is 0 Å². The van der Waals surface area contributed by atoms with E-state index in [0.717, 1.165) is 45.8 Å². The van der Waals surface area contributed by atoms with Crippen molar-refractivity contribution in [3.8, 4) is 0 Å². The molecule has 3 fully saturated rings. The Bertz CT molecular complexity index is 315. The SMILES string of the molecule is O=C(CC1CCOC1)N1CCCC2(CCNCC2)C1. The van der Waals surface area contributed by atoms with Crippen LogP contribution in [0.1, 0.15) is 38.5 Å². The summed E-state index contributed by atoms with van der Waals surface area (Å²) in [5.41, 5.74) is 0.422. The Labute approximate surface area is 115 Å². The van der Waals surface area contributed by atoms with Crippen LogP contribution in [0.3, 0.4) is 0 Å². The first-order valence-corrected chi connectivity index (χ1v) is 7.84. The fourth-order valence-electron chi connectivity index (χ4n) is 3.91. The summed E-state index contributed by atoms with van der Waals surface area (Å²) >= 11 is 0. The summed E-state index contributed by atoms with van der Waals surface area (Å²) in [4.78, 5) is 14.6. The first-order valence-electron chi connectivity index (χ1n) is 7.84. The van der Waals surface area contributed by atoms with E-state index in [1.165, 1.54) is 25.7 Å². The Hall–Kier alpha value is -0.610. The standard InChI is InChI=1S/C15H26N2O2/c18-14(10-13-2-9-19-11-13)17-8-1-3-15(12-17)4-6-16-7-5-15/h13,16H,1-12H2. The minimum atomic E-state index is 0.369. The lowest BCUT2D eigenvalue weighted by Crippen LogP contribution is -2.50. The van der Waals surface area contributed by atoms with Crippen LogP contribution in [0.15, 0.2) is 0 Å². The number of rotatable bonds is 2. The lowest BCUT2D eigenvalue weighted by atomic mass is 9.73. The van der Waals surface area contributed by atoms with Crippen molar-refractivity contribution in [1.82, 2.24) is 10.2 Å². The van der Waals surface area contributed by atoms with E-state index in [2.05, 4.69) is 10.2 Å². The van der Waals surface area contributed by atoms with E-state index in [-0.39, 0.29) is 0 Å². The fourth-order valence-corrected chi connectivity index (χ4v) is 3.91. The van der Waals surface area contributed by atoms with Crippen LogP contribution in [-0.4, -0.2) is 50.2 Å². The van der Waals surface area contributed by atoms with E-state index in [9.17, 15) is 4.79 Å². The molecular formula is C15H26N2O2. The highest BCUT2D eigenvalue weighted by atomic mass is 16.5. The molecule has 4 heteroatoms. The van der Waals surface area contributed by atoms with E-state index in [1.54, 1.807) is 0 Å². The molecule has 1 unspecified atom stereocenters. The highest BCUT2D eigenvalue weighted by Gasteiger charge is 2.38. The quantitative estimate of drug-likeness (QED) is 0.821. The van der Waals surface area contributed by atoms with Gasteiger partial charge < -0.3 is 15.0 Å². The molecule has 0 aliphatic carbocycles. The highest BCUT2D eigenvalue weighted by molar-refractivity contribution is 5.76. The van der Waals surface area contributed by atoms with Crippen molar-refractivity contribution in [2.24, 2.45) is 11.3 Å². The zero-order chi connectivity index (χ0) is 13.1. The fraction of sp³-hybridized carbons (Fsp3) is 0.933. The molecular weight excluding hydrogens is 240 g/mol. The van der Waals surface area contributed by atoms with Gasteiger partial charge >= 0.3 is 0 Å². The summed E-state index contributed by atoms with van der Waals surface area (Å²) in [7, 11) is 0. The summed E-state index contributed by atoms with van der Waals surface area (Å²) in [6.07, 6.45) is 6.74. The van der Waals surface area contributed by atoms with Crippen LogP contribution >= 0.6 is 0 Å². The molecule has 0 aromatic rings. The van der Waals surface area contributed by atoms with Crippen LogP contribution in [0, 0.1) is 11.3 Å². The Morgan fingerprint density at radius 2 is 2.16 bits per heavy atom. The van der Waals surface area contributed by atoms with E-state index in [1.807, 2.05) is 0 Å². The third kappa shape index (κ3) is 3.11. The van der Waals surface area contributed by atoms with E-state index in [0.29, 0.717) is 23.7 Å². The normalized spacial score (nSPS) is 30.7. The molecule has 1 spiro atoms. The Morgan fingerprint density at radius 1 is 1.32 bits per heavy atom. The van der Waals surface area contributed by atoms with Crippen molar-refractivity contribution in [1.29, 1.82) is 0 Å². The van der Waals surface area contributed by atoms with Crippen LogP contribution in [0.4, 0.5) is 0 Å². The van der Waals surface area contributed by atoms with Gasteiger partial charge in [0.05, 0.1) is 0 Å². The first kappa shape index (κ1) is 13.4. The minimum Gasteiger partial charge on any atom is -0.381 e. The molecule has 0 bridgehead atoms. The number of carbonyl (C=O) groups is 1. The second-order valence-electron chi connectivity index (χ2n) is 6.60. The van der Waals surface area contributed by atoms with Crippen molar-refractivity contribution >= 4 is 5.91 Å². The predicted octanol–water partition coefficient (Wildman–Crippen LogP) is 1.41. The van der Waals surface area contributed by atoms with Gasteiger partial charge in [0.1, 0.15) is 0 Å². The van der Waals surface area contributed by atoms with Crippen molar-refractivity contribution < 1.29 is 9.53 Å². The monoisotopic (exact) mass is 266 g/mol. The second-order valence-corrected chi connectivity index (χ2v) is 6.60. The maximum Gasteiger partial charge on any atom is 0.222 e. The summed E-state index contributed by atoms with van der Waals surface area (Å²) in [6.45, 7) is 5.85. The molecule has 108 valence electrons. The number of ether oxygens (including phenoxy) is 1. The molecule has 1 N–H and O–H groups in total. The number of nitrogens with one attached hydrogen (secondary N) is 1. The third-order valence-corrected chi connectivity index (χ3v) is 5.17. The van der Waals surface area contributed by atoms with Gasteiger partial charge in [-0.05, 0) is 56.5 Å². The Balaban J connectivity index is 1.56. The summed E-state index contributed by atoms with van der Waals surface area (Å²) < 4.78 is 5.38. The first-order chi connectivity index (χ1) is 9.27. The van der Waals surface area contributed by atoms with Crippen molar-refractivity contribution in [2.75, 3.05) is 39.4 Å². The number of hydrogen-bond donors (Lipinski definition) is 1. The van der Waals surface area contributed by atoms with Crippen LogP contribution < -0.4 is 5.32 Å². The molecule has 4 nitrogen and oxygen atoms in total. The molecule has 0 saturated carbocycles. The maximum absolute atomic E-state index is 12.4. The molecule has 0 aromatic heterocycles. The lowest BCUT2D eigenvalue weighted by Gasteiger charge is -2.45. The topological polar surface area (TPSA) is 41.6 Å². The number of carbonyl (C=O) groups excluding carboxylic acids is 1. The Kier molecular flexibility index (Phi) is 4.08. The van der Waals surface area contributed by atoms with Crippen molar-refractivity contribution in [3.63, 3.8) is 0 Å². The molecule has 19 heavy (non-hydrogen) atoms. The minimum absolute atomic E-state index is 0.369. The summed E-state index contributed by atoms with van der Waals surface area (Å²) in [5, 5.41) is 3.44. The zero-order valence-corrected chi connectivity index (χ0v) is 11.8. The van der Waals surface area contributed by atoms with Gasteiger partial charge in [-0.25, -0.2) is 0 Å². The van der Waals surface area contributed by atoms with Gasteiger partial charge in [-0.2, -0.15) is 0 Å². The smallest absolute Gasteiger partial charge is 0.222 e. The molecule has 0 aromatic carbocycles. The molecule has 3 saturated heterocycles. The number of nitrogens with zero attached hydrogens (tertiary/aromatic N) is 1. The van der Waals surface area contributed by atoms with Gasteiger partial charge in [-0.1, -0.05) is 0 Å². The van der Waals surface area contributed by atoms with Gasteiger partial charge in [0.15, 0.2) is 0 Å². The van der Waals surface area contributed by atoms with Gasteiger partial charge in [-0.3, -0.25) is 4.79 Å². The molecule has 3 aliphatic heterocycles. The van der Waals surface area contributed by atoms with Crippen LogP contribution in [0.2, 0.25) is 0 Å². The van der Waals surface area contributed by atoms with Crippen LogP contribution in [-0.2, 0) is 9.53 Å². The van der Waals surface area contributed by atoms with Gasteiger partial charge in [0, 0.05) is 32.7 Å². The average Bonchev–Trinajstić information content (AvgIpc) is 2.92. The van der Waals surface area contributed by atoms with E-state index < -0.39 is 0 Å². The number of hydrogen-bond acceptors (Lipinski definition) is 3. The number of likely N-dealkylation sites (tertiary alicyclic amines) is 1. The van der Waals surface area contributed by atoms with E-state index in [4.69, 9.17) is 4.74 Å². The number of piperidine rings is 2. The van der Waals surface area contributed by atoms with Crippen LogP contribution in [0.5, 0.6) is 0 Å². The molecule has 1 atom stereocenters. The average molecular weight is 266 g/mol. The maximum atomic E-state index is 12.4. The second kappa shape index (κ2) is 5.80.